The van der Waals surface area contributed by atoms with E-state index in [1.54, 1.807) is 12.1 Å². The molecule has 1 aromatic heterocycles. The molecule has 0 saturated heterocycles. The van der Waals surface area contributed by atoms with E-state index in [2.05, 4.69) is 15.5 Å². The Labute approximate surface area is 152 Å². The Morgan fingerprint density at radius 3 is 2.73 bits per heavy atom. The van der Waals surface area contributed by atoms with Crippen molar-refractivity contribution < 1.29 is 14.1 Å². The Hall–Kier alpha value is -3.20. The molecule has 0 spiro atoms. The Bertz CT molecular complexity index is 940. The molecule has 8 nitrogen and oxygen atoms in total. The van der Waals surface area contributed by atoms with Gasteiger partial charge in [-0.15, -0.1) is 10.2 Å². The minimum Gasteiger partial charge on any atom is -0.411 e. The van der Waals surface area contributed by atoms with Gasteiger partial charge in [-0.2, -0.15) is 0 Å². The zero-order valence-corrected chi connectivity index (χ0v) is 14.5. The highest BCUT2D eigenvalue weighted by atomic mass is 32.2. The van der Waals surface area contributed by atoms with E-state index < -0.39 is 4.92 Å². The van der Waals surface area contributed by atoms with Crippen molar-refractivity contribution >= 4 is 29.0 Å². The fourth-order valence-electron chi connectivity index (χ4n) is 2.10. The largest absolute Gasteiger partial charge is 0.411 e. The summed E-state index contributed by atoms with van der Waals surface area (Å²) in [6.45, 7) is 1.97. The molecule has 0 radical (unpaired) electrons. The van der Waals surface area contributed by atoms with Crippen molar-refractivity contribution in [3.63, 3.8) is 0 Å². The molecule has 0 aliphatic heterocycles. The standard InChI is InChI=1S/C17H14N4O4S/c1-11-5-7-13(8-6-11)18-15(22)10-26-17-20-19-16(25-17)12-3-2-4-14(9-12)21(23)24/h2-9H,10H2,1H3,(H,18,22). The molecule has 1 amide bonds. The lowest BCUT2D eigenvalue weighted by molar-refractivity contribution is -0.384. The first-order chi connectivity index (χ1) is 12.5. The van der Waals surface area contributed by atoms with Crippen LogP contribution in [0, 0.1) is 17.0 Å². The van der Waals surface area contributed by atoms with Crippen LogP contribution in [0.3, 0.4) is 0 Å². The molecule has 0 aliphatic carbocycles. The summed E-state index contributed by atoms with van der Waals surface area (Å²) in [5, 5.41) is 21.5. The number of anilines is 1. The second-order valence-corrected chi connectivity index (χ2v) is 6.31. The number of aromatic nitrogens is 2. The minimum absolute atomic E-state index is 0.0626. The predicted octanol–water partition coefficient (Wildman–Crippen LogP) is 3.68. The van der Waals surface area contributed by atoms with Gasteiger partial charge in [-0.1, -0.05) is 35.5 Å². The number of amides is 1. The van der Waals surface area contributed by atoms with E-state index in [9.17, 15) is 14.9 Å². The van der Waals surface area contributed by atoms with Crippen molar-refractivity contribution in [2.24, 2.45) is 0 Å². The molecule has 0 saturated carbocycles. The van der Waals surface area contributed by atoms with Gasteiger partial charge < -0.3 is 9.73 Å². The highest BCUT2D eigenvalue weighted by molar-refractivity contribution is 7.99. The highest BCUT2D eigenvalue weighted by Crippen LogP contribution is 2.26. The SMILES string of the molecule is Cc1ccc(NC(=O)CSc2nnc(-c3cccc([N+](=O)[O-])c3)o2)cc1. The summed E-state index contributed by atoms with van der Waals surface area (Å²) >= 11 is 1.09. The molecule has 2 aromatic carbocycles. The lowest BCUT2D eigenvalue weighted by Crippen LogP contribution is -2.13. The van der Waals surface area contributed by atoms with E-state index in [0.29, 0.717) is 11.3 Å². The normalized spacial score (nSPS) is 10.5. The molecule has 1 heterocycles. The van der Waals surface area contributed by atoms with Gasteiger partial charge in [0.25, 0.3) is 10.9 Å². The molecular formula is C17H14N4O4S. The van der Waals surface area contributed by atoms with Crippen molar-refractivity contribution in [2.45, 2.75) is 12.1 Å². The van der Waals surface area contributed by atoms with Gasteiger partial charge in [0.1, 0.15) is 0 Å². The van der Waals surface area contributed by atoms with Crippen LogP contribution in [0.4, 0.5) is 11.4 Å². The van der Waals surface area contributed by atoms with Crippen molar-refractivity contribution in [3.05, 3.63) is 64.2 Å². The summed E-state index contributed by atoms with van der Waals surface area (Å²) in [5.74, 6) is 0.0638. The van der Waals surface area contributed by atoms with Crippen LogP contribution < -0.4 is 5.32 Å². The molecule has 3 rings (SSSR count). The zero-order valence-electron chi connectivity index (χ0n) is 13.7. The van der Waals surface area contributed by atoms with Crippen LogP contribution in [-0.4, -0.2) is 26.8 Å². The van der Waals surface area contributed by atoms with E-state index in [0.717, 1.165) is 17.3 Å². The smallest absolute Gasteiger partial charge is 0.277 e. The molecular weight excluding hydrogens is 356 g/mol. The first-order valence-corrected chi connectivity index (χ1v) is 8.57. The Balaban J connectivity index is 1.60. The fourth-order valence-corrected chi connectivity index (χ4v) is 2.66. The number of aryl methyl sites for hydroxylation is 1. The van der Waals surface area contributed by atoms with Gasteiger partial charge in [0.15, 0.2) is 0 Å². The number of carbonyl (C=O) groups excluding carboxylic acids is 1. The maximum atomic E-state index is 12.0. The number of nitrogens with zero attached hydrogens (tertiary/aromatic N) is 3. The van der Waals surface area contributed by atoms with E-state index in [1.165, 1.54) is 12.1 Å². The number of non-ortho nitro benzene ring substituents is 1. The summed E-state index contributed by atoms with van der Waals surface area (Å²) in [6.07, 6.45) is 0. The van der Waals surface area contributed by atoms with Crippen LogP contribution in [0.15, 0.2) is 58.2 Å². The van der Waals surface area contributed by atoms with Crippen molar-refractivity contribution in [2.75, 3.05) is 11.1 Å². The number of thioether (sulfide) groups is 1. The number of hydrogen-bond donors (Lipinski definition) is 1. The number of carbonyl (C=O) groups is 1. The lowest BCUT2D eigenvalue weighted by atomic mass is 10.2. The number of nitro benzene ring substituents is 1. The number of rotatable bonds is 6. The summed E-state index contributed by atoms with van der Waals surface area (Å²) in [4.78, 5) is 22.3. The molecule has 9 heteroatoms. The van der Waals surface area contributed by atoms with E-state index in [1.807, 2.05) is 31.2 Å². The van der Waals surface area contributed by atoms with Crippen molar-refractivity contribution in [1.29, 1.82) is 0 Å². The summed E-state index contributed by atoms with van der Waals surface area (Å²) in [5.41, 5.74) is 2.20. The first kappa shape index (κ1) is 17.6. The maximum absolute atomic E-state index is 12.0. The molecule has 1 N–H and O–H groups in total. The van der Waals surface area contributed by atoms with Gasteiger partial charge in [0.05, 0.1) is 10.7 Å². The van der Waals surface area contributed by atoms with Gasteiger partial charge >= 0.3 is 0 Å². The average molecular weight is 370 g/mol. The third-order valence-corrected chi connectivity index (χ3v) is 4.19. The molecule has 0 atom stereocenters. The Kier molecular flexibility index (Phi) is 5.28. The molecule has 132 valence electrons. The van der Waals surface area contributed by atoms with Crippen LogP contribution in [0.25, 0.3) is 11.5 Å². The van der Waals surface area contributed by atoms with E-state index >= 15 is 0 Å². The van der Waals surface area contributed by atoms with E-state index in [-0.39, 0.29) is 28.5 Å². The molecule has 0 bridgehead atoms. The van der Waals surface area contributed by atoms with Gasteiger partial charge in [-0.05, 0) is 25.1 Å². The zero-order chi connectivity index (χ0) is 18.5. The van der Waals surface area contributed by atoms with Crippen molar-refractivity contribution in [3.8, 4) is 11.5 Å². The number of nitro groups is 1. The van der Waals surface area contributed by atoms with E-state index in [4.69, 9.17) is 4.42 Å². The van der Waals surface area contributed by atoms with Gasteiger partial charge in [0, 0.05) is 23.4 Å². The predicted molar refractivity (Wildman–Crippen MR) is 96.9 cm³/mol. The molecule has 0 aliphatic rings. The first-order valence-electron chi connectivity index (χ1n) is 7.59. The Morgan fingerprint density at radius 1 is 1.23 bits per heavy atom. The van der Waals surface area contributed by atoms with Gasteiger partial charge in [-0.3, -0.25) is 14.9 Å². The lowest BCUT2D eigenvalue weighted by Gasteiger charge is -2.04. The average Bonchev–Trinajstić information content (AvgIpc) is 3.11. The second kappa shape index (κ2) is 7.79. The van der Waals surface area contributed by atoms with Crippen LogP contribution in [0.1, 0.15) is 5.56 Å². The third kappa shape index (κ3) is 4.45. The van der Waals surface area contributed by atoms with Crippen LogP contribution in [0.5, 0.6) is 0 Å². The number of nitrogens with one attached hydrogen (secondary N) is 1. The molecule has 0 fully saturated rings. The second-order valence-electron chi connectivity index (χ2n) is 5.38. The third-order valence-electron chi connectivity index (χ3n) is 3.37. The molecule has 0 unspecified atom stereocenters. The molecule has 3 aromatic rings. The summed E-state index contributed by atoms with van der Waals surface area (Å²) in [6, 6.07) is 13.4. The van der Waals surface area contributed by atoms with Crippen LogP contribution >= 0.6 is 11.8 Å². The van der Waals surface area contributed by atoms with Crippen LogP contribution in [0.2, 0.25) is 0 Å². The van der Waals surface area contributed by atoms with Gasteiger partial charge in [0.2, 0.25) is 11.8 Å². The van der Waals surface area contributed by atoms with Crippen molar-refractivity contribution in [1.82, 2.24) is 10.2 Å². The molecule has 26 heavy (non-hydrogen) atoms. The topological polar surface area (TPSA) is 111 Å². The Morgan fingerprint density at radius 2 is 2.00 bits per heavy atom. The van der Waals surface area contributed by atoms with Crippen LogP contribution in [-0.2, 0) is 4.79 Å². The maximum Gasteiger partial charge on any atom is 0.277 e. The fraction of sp³-hybridized carbons (Fsp3) is 0.118. The number of benzene rings is 2. The quantitative estimate of drug-likeness (QED) is 0.400. The minimum atomic E-state index is -0.495. The monoisotopic (exact) mass is 370 g/mol. The van der Waals surface area contributed by atoms with Gasteiger partial charge in [-0.25, -0.2) is 0 Å². The highest BCUT2D eigenvalue weighted by Gasteiger charge is 2.14. The summed E-state index contributed by atoms with van der Waals surface area (Å²) < 4.78 is 5.46. The number of hydrogen-bond acceptors (Lipinski definition) is 7. The summed E-state index contributed by atoms with van der Waals surface area (Å²) in [7, 11) is 0.